The van der Waals surface area contributed by atoms with Crippen molar-refractivity contribution in [1.82, 2.24) is 0 Å². The molecule has 1 aliphatic heterocycles. The number of hydrogen-bond acceptors (Lipinski definition) is 6. The lowest BCUT2D eigenvalue weighted by atomic mass is 10.3. The molecule has 0 spiro atoms. The van der Waals surface area contributed by atoms with E-state index in [0.717, 1.165) is 0 Å². The zero-order valence-corrected chi connectivity index (χ0v) is 14.8. The van der Waals surface area contributed by atoms with Crippen molar-refractivity contribution < 1.29 is 33.6 Å². The molecule has 0 aliphatic carbocycles. The Morgan fingerprint density at radius 2 is 1.30 bits per heavy atom. The van der Waals surface area contributed by atoms with E-state index in [0.29, 0.717) is 42.6 Å². The van der Waals surface area contributed by atoms with Crippen LogP contribution in [0.25, 0.3) is 0 Å². The van der Waals surface area contributed by atoms with Crippen LogP contribution in [-0.4, -0.2) is 50.2 Å². The minimum Gasteiger partial charge on any atom is -0.490 e. The van der Waals surface area contributed by atoms with E-state index in [-0.39, 0.29) is 13.2 Å². The van der Waals surface area contributed by atoms with Crippen molar-refractivity contribution in [2.45, 2.75) is 12.5 Å². The number of fused-ring (bicyclic) bond motifs is 2. The van der Waals surface area contributed by atoms with Crippen LogP contribution in [0.3, 0.4) is 0 Å². The topological polar surface area (TPSA) is 83.5 Å². The molecule has 1 heterocycles. The van der Waals surface area contributed by atoms with Gasteiger partial charge in [0.05, 0.1) is 13.2 Å². The predicted octanol–water partition coefficient (Wildman–Crippen LogP) is 2.78. The summed E-state index contributed by atoms with van der Waals surface area (Å²) in [5.74, 6) is 1.32. The molecular formula is C20H22O7. The first-order valence-corrected chi connectivity index (χ1v) is 8.75. The van der Waals surface area contributed by atoms with Gasteiger partial charge in [0.2, 0.25) is 0 Å². The molecule has 1 aliphatic rings. The quantitative estimate of drug-likeness (QED) is 0.884. The van der Waals surface area contributed by atoms with Crippen molar-refractivity contribution in [3.63, 3.8) is 0 Å². The molecule has 3 rings (SSSR count). The highest BCUT2D eigenvalue weighted by molar-refractivity contribution is 5.68. The zero-order valence-electron chi connectivity index (χ0n) is 14.8. The summed E-state index contributed by atoms with van der Waals surface area (Å²) in [6.45, 7) is 0.756. The number of hydrogen-bond donors (Lipinski definition) is 1. The highest BCUT2D eigenvalue weighted by atomic mass is 16.6. The van der Waals surface area contributed by atoms with E-state index in [2.05, 4.69) is 0 Å². The van der Waals surface area contributed by atoms with E-state index < -0.39 is 18.7 Å². The van der Waals surface area contributed by atoms with Gasteiger partial charge >= 0.3 is 5.97 Å². The molecule has 7 nitrogen and oxygen atoms in total. The summed E-state index contributed by atoms with van der Waals surface area (Å²) in [7, 11) is 0. The van der Waals surface area contributed by atoms with Crippen molar-refractivity contribution in [3.05, 3.63) is 48.5 Å². The third-order valence-corrected chi connectivity index (χ3v) is 3.79. The van der Waals surface area contributed by atoms with Crippen LogP contribution in [0.5, 0.6) is 23.0 Å². The van der Waals surface area contributed by atoms with Gasteiger partial charge in [-0.3, -0.25) is 0 Å². The van der Waals surface area contributed by atoms with Gasteiger partial charge in [-0.2, -0.15) is 0 Å². The Labute approximate surface area is 157 Å². The van der Waals surface area contributed by atoms with E-state index in [1.54, 1.807) is 12.1 Å². The monoisotopic (exact) mass is 374 g/mol. The van der Waals surface area contributed by atoms with Crippen LogP contribution in [0, 0.1) is 0 Å². The maximum absolute atomic E-state index is 10.9. The second-order valence-corrected chi connectivity index (χ2v) is 5.89. The van der Waals surface area contributed by atoms with Gasteiger partial charge in [-0.15, -0.1) is 0 Å². The molecule has 0 radical (unpaired) electrons. The van der Waals surface area contributed by atoms with Gasteiger partial charge in [-0.25, -0.2) is 4.79 Å². The molecule has 7 heteroatoms. The number of carbonyl (C=O) groups is 1. The van der Waals surface area contributed by atoms with Crippen LogP contribution >= 0.6 is 0 Å². The van der Waals surface area contributed by atoms with Crippen LogP contribution in [0.1, 0.15) is 6.42 Å². The highest BCUT2D eigenvalue weighted by Gasteiger charge is 2.17. The lowest BCUT2D eigenvalue weighted by Gasteiger charge is -2.21. The number of benzene rings is 2. The van der Waals surface area contributed by atoms with Crippen molar-refractivity contribution >= 4 is 5.97 Å². The number of ether oxygens (including phenoxy) is 5. The molecule has 0 amide bonds. The molecule has 0 aromatic heterocycles. The van der Waals surface area contributed by atoms with Gasteiger partial charge in [0, 0.05) is 6.42 Å². The lowest BCUT2D eigenvalue weighted by molar-refractivity contribution is -0.145. The minimum atomic E-state index is -1.05. The Bertz CT molecular complexity index is 693. The van der Waals surface area contributed by atoms with Crippen LogP contribution in [-0.2, 0) is 9.53 Å². The molecule has 0 saturated carbocycles. The molecule has 144 valence electrons. The third-order valence-electron chi connectivity index (χ3n) is 3.79. The fourth-order valence-electron chi connectivity index (χ4n) is 2.50. The summed E-state index contributed by atoms with van der Waals surface area (Å²) < 4.78 is 28.6. The maximum atomic E-state index is 10.9. The van der Waals surface area contributed by atoms with Crippen molar-refractivity contribution in [3.8, 4) is 23.0 Å². The lowest BCUT2D eigenvalue weighted by Crippen LogP contribution is -2.31. The number of carboxylic acid groups (broad SMARTS) is 1. The molecule has 0 fully saturated rings. The zero-order chi connectivity index (χ0) is 18.9. The SMILES string of the molecule is O=C(O)COC1COc2ccccc2OCCCOc2ccccc2OC1. The summed E-state index contributed by atoms with van der Waals surface area (Å²) in [5, 5.41) is 8.89. The fraction of sp³-hybridized carbons (Fsp3) is 0.350. The van der Waals surface area contributed by atoms with Crippen molar-refractivity contribution in [1.29, 1.82) is 0 Å². The van der Waals surface area contributed by atoms with Crippen molar-refractivity contribution in [2.24, 2.45) is 0 Å². The Morgan fingerprint density at radius 3 is 1.74 bits per heavy atom. The summed E-state index contributed by atoms with van der Waals surface area (Å²) in [4.78, 5) is 10.9. The van der Waals surface area contributed by atoms with Gasteiger partial charge in [-0.05, 0) is 24.3 Å². The largest absolute Gasteiger partial charge is 0.490 e. The first-order valence-electron chi connectivity index (χ1n) is 8.75. The van der Waals surface area contributed by atoms with Crippen LogP contribution < -0.4 is 18.9 Å². The minimum absolute atomic E-state index is 0.122. The number of rotatable bonds is 3. The summed E-state index contributed by atoms with van der Waals surface area (Å²) in [6.07, 6.45) is 0.123. The standard InChI is InChI=1S/C20H22O7/c21-20(22)14-25-15-12-26-18-8-3-1-6-16(18)23-10-5-11-24-17-7-2-4-9-19(17)27-13-15/h1-4,6-9,15H,5,10-14H2,(H,21,22). The van der Waals surface area contributed by atoms with E-state index in [4.69, 9.17) is 28.8 Å². The summed E-state index contributed by atoms with van der Waals surface area (Å²) in [5.41, 5.74) is 0. The van der Waals surface area contributed by atoms with Gasteiger partial charge in [-0.1, -0.05) is 24.3 Å². The first-order chi connectivity index (χ1) is 13.2. The van der Waals surface area contributed by atoms with Gasteiger partial charge in [0.1, 0.15) is 25.9 Å². The average Bonchev–Trinajstić information content (AvgIpc) is 2.68. The Balaban J connectivity index is 1.76. The van der Waals surface area contributed by atoms with Crippen LogP contribution in [0.15, 0.2) is 48.5 Å². The van der Waals surface area contributed by atoms with E-state index in [1.807, 2.05) is 36.4 Å². The fourth-order valence-corrected chi connectivity index (χ4v) is 2.50. The van der Waals surface area contributed by atoms with Crippen molar-refractivity contribution in [2.75, 3.05) is 33.0 Å². The molecule has 0 bridgehead atoms. The Morgan fingerprint density at radius 1 is 0.852 bits per heavy atom. The van der Waals surface area contributed by atoms with Gasteiger partial charge < -0.3 is 28.8 Å². The summed E-state index contributed by atoms with van der Waals surface area (Å²) in [6, 6.07) is 14.6. The summed E-state index contributed by atoms with van der Waals surface area (Å²) >= 11 is 0. The second-order valence-electron chi connectivity index (χ2n) is 5.89. The van der Waals surface area contributed by atoms with Gasteiger partial charge in [0.15, 0.2) is 23.0 Å². The first kappa shape index (κ1) is 18.8. The molecule has 2 aromatic carbocycles. The maximum Gasteiger partial charge on any atom is 0.329 e. The van der Waals surface area contributed by atoms with E-state index in [1.165, 1.54) is 0 Å². The van der Waals surface area contributed by atoms with Gasteiger partial charge in [0.25, 0.3) is 0 Å². The molecule has 1 N–H and O–H groups in total. The molecule has 0 atom stereocenters. The Hall–Kier alpha value is -2.93. The number of para-hydroxylation sites is 4. The van der Waals surface area contributed by atoms with E-state index >= 15 is 0 Å². The molecule has 0 unspecified atom stereocenters. The predicted molar refractivity (Wildman–Crippen MR) is 96.9 cm³/mol. The normalized spacial score (nSPS) is 15.6. The average molecular weight is 374 g/mol. The molecule has 27 heavy (non-hydrogen) atoms. The third kappa shape index (κ3) is 5.79. The van der Waals surface area contributed by atoms with Crippen LogP contribution in [0.2, 0.25) is 0 Å². The molecule has 2 aromatic rings. The smallest absolute Gasteiger partial charge is 0.329 e. The van der Waals surface area contributed by atoms with Crippen LogP contribution in [0.4, 0.5) is 0 Å². The molecular weight excluding hydrogens is 352 g/mol. The second kappa shape index (κ2) is 9.68. The molecule has 0 saturated heterocycles. The Kier molecular flexibility index (Phi) is 6.76. The van der Waals surface area contributed by atoms with E-state index in [9.17, 15) is 4.79 Å². The number of carboxylic acids is 1. The highest BCUT2D eigenvalue weighted by Crippen LogP contribution is 2.29. The number of aliphatic carboxylic acids is 1.